The minimum absolute atomic E-state index is 0.0381. The summed E-state index contributed by atoms with van der Waals surface area (Å²) in [6, 6.07) is 10.9. The van der Waals surface area contributed by atoms with E-state index in [0.717, 1.165) is 25.0 Å². The average Bonchev–Trinajstić information content (AvgIpc) is 3.13. The Morgan fingerprint density at radius 3 is 2.76 bits per heavy atom. The monoisotopic (exact) mass is 344 g/mol. The summed E-state index contributed by atoms with van der Waals surface area (Å²) >= 11 is 0. The number of amides is 1. The highest BCUT2D eigenvalue weighted by atomic mass is 19.2. The van der Waals surface area contributed by atoms with Crippen molar-refractivity contribution in [3.05, 3.63) is 65.2 Å². The summed E-state index contributed by atoms with van der Waals surface area (Å²) in [7, 11) is 0. The van der Waals surface area contributed by atoms with Crippen LogP contribution in [-0.4, -0.2) is 30.1 Å². The summed E-state index contributed by atoms with van der Waals surface area (Å²) in [4.78, 5) is 14.6. The molecule has 1 fully saturated rings. The zero-order valence-electron chi connectivity index (χ0n) is 13.5. The number of halogens is 2. The van der Waals surface area contributed by atoms with E-state index in [4.69, 9.17) is 4.74 Å². The Hall–Kier alpha value is -2.47. The van der Waals surface area contributed by atoms with E-state index < -0.39 is 17.8 Å². The minimum Gasteiger partial charge on any atom is -0.376 e. The van der Waals surface area contributed by atoms with Crippen molar-refractivity contribution >= 4 is 11.6 Å². The van der Waals surface area contributed by atoms with Crippen molar-refractivity contribution in [1.82, 2.24) is 4.90 Å². The van der Waals surface area contributed by atoms with Gasteiger partial charge in [0.2, 0.25) is 0 Å². The zero-order valence-corrected chi connectivity index (χ0v) is 13.5. The molecule has 0 bridgehead atoms. The van der Waals surface area contributed by atoms with Crippen LogP contribution in [0.1, 0.15) is 34.9 Å². The maximum absolute atomic E-state index is 13.7. The van der Waals surface area contributed by atoms with Gasteiger partial charge in [-0.05, 0) is 42.7 Å². The lowest BCUT2D eigenvalue weighted by atomic mass is 10.0. The molecule has 4 rings (SSSR count). The van der Waals surface area contributed by atoms with Crippen LogP contribution in [0.15, 0.2) is 42.5 Å². The second kappa shape index (κ2) is 6.44. The van der Waals surface area contributed by atoms with Crippen LogP contribution in [0.2, 0.25) is 0 Å². The fourth-order valence-electron chi connectivity index (χ4n) is 3.43. The van der Waals surface area contributed by atoms with Crippen LogP contribution in [-0.2, 0) is 4.74 Å². The number of anilines is 1. The van der Waals surface area contributed by atoms with Crippen molar-refractivity contribution < 1.29 is 18.3 Å². The predicted octanol–water partition coefficient (Wildman–Crippen LogP) is 3.71. The second-order valence-corrected chi connectivity index (χ2v) is 6.36. The summed E-state index contributed by atoms with van der Waals surface area (Å²) < 4.78 is 32.7. The highest BCUT2D eigenvalue weighted by Gasteiger charge is 2.35. The Balaban J connectivity index is 1.72. The SMILES string of the molecule is O=C1c2ccccc2N[C@H](c2ccc(F)c(F)c2)N1C[C@@H]1CCCO1. The van der Waals surface area contributed by atoms with Crippen LogP contribution >= 0.6 is 0 Å². The summed E-state index contributed by atoms with van der Waals surface area (Å²) in [5.41, 5.74) is 1.75. The lowest BCUT2D eigenvalue weighted by molar-refractivity contribution is 0.0426. The van der Waals surface area contributed by atoms with Gasteiger partial charge < -0.3 is 15.0 Å². The van der Waals surface area contributed by atoms with E-state index in [1.165, 1.54) is 6.07 Å². The van der Waals surface area contributed by atoms with Crippen LogP contribution in [0.4, 0.5) is 14.5 Å². The molecular weight excluding hydrogens is 326 g/mol. The van der Waals surface area contributed by atoms with Gasteiger partial charge in [0.1, 0.15) is 6.17 Å². The summed E-state index contributed by atoms with van der Waals surface area (Å²) in [6.07, 6.45) is 1.24. The number of carbonyl (C=O) groups is 1. The van der Waals surface area contributed by atoms with E-state index in [1.54, 1.807) is 17.0 Å². The van der Waals surface area contributed by atoms with E-state index in [2.05, 4.69) is 5.32 Å². The molecule has 1 saturated heterocycles. The highest BCUT2D eigenvalue weighted by Crippen LogP contribution is 2.34. The van der Waals surface area contributed by atoms with Crippen molar-refractivity contribution in [3.8, 4) is 0 Å². The molecule has 1 N–H and O–H groups in total. The lowest BCUT2D eigenvalue weighted by Crippen LogP contribution is -2.46. The standard InChI is InChI=1S/C19H18F2N2O2/c20-15-8-7-12(10-16(15)21)18-22-17-6-2-1-5-14(17)19(24)23(18)11-13-4-3-9-25-13/h1-2,5-8,10,13,18,22H,3-4,9,11H2/t13-,18-/m0/s1. The molecule has 2 heterocycles. The fourth-order valence-corrected chi connectivity index (χ4v) is 3.43. The first-order valence-electron chi connectivity index (χ1n) is 8.36. The van der Waals surface area contributed by atoms with E-state index in [1.807, 2.05) is 12.1 Å². The third kappa shape index (κ3) is 2.98. The third-order valence-corrected chi connectivity index (χ3v) is 4.71. The summed E-state index contributed by atoms with van der Waals surface area (Å²) in [5.74, 6) is -1.97. The molecular formula is C19H18F2N2O2. The summed E-state index contributed by atoms with van der Waals surface area (Å²) in [6.45, 7) is 1.09. The van der Waals surface area contributed by atoms with Gasteiger partial charge in [0.15, 0.2) is 11.6 Å². The van der Waals surface area contributed by atoms with E-state index in [9.17, 15) is 13.6 Å². The van der Waals surface area contributed by atoms with Crippen molar-refractivity contribution in [2.24, 2.45) is 0 Å². The Morgan fingerprint density at radius 2 is 2.00 bits per heavy atom. The van der Waals surface area contributed by atoms with Crippen LogP contribution in [0, 0.1) is 11.6 Å². The maximum Gasteiger partial charge on any atom is 0.257 e. The first kappa shape index (κ1) is 16.0. The van der Waals surface area contributed by atoms with Crippen LogP contribution in [0.3, 0.4) is 0 Å². The van der Waals surface area contributed by atoms with Gasteiger partial charge in [0.05, 0.1) is 11.7 Å². The minimum atomic E-state index is -0.928. The third-order valence-electron chi connectivity index (χ3n) is 4.71. The number of rotatable bonds is 3. The summed E-state index contributed by atoms with van der Waals surface area (Å²) in [5, 5.41) is 3.27. The average molecular weight is 344 g/mol. The van der Waals surface area contributed by atoms with Crippen LogP contribution in [0.5, 0.6) is 0 Å². The molecule has 2 aromatic carbocycles. The number of para-hydroxylation sites is 1. The molecule has 0 unspecified atom stereocenters. The molecule has 0 radical (unpaired) electrons. The molecule has 2 aliphatic heterocycles. The largest absolute Gasteiger partial charge is 0.376 e. The van der Waals surface area contributed by atoms with Crippen molar-refractivity contribution in [2.75, 3.05) is 18.5 Å². The van der Waals surface area contributed by atoms with Gasteiger partial charge >= 0.3 is 0 Å². The van der Waals surface area contributed by atoms with Crippen LogP contribution < -0.4 is 5.32 Å². The van der Waals surface area contributed by atoms with Gasteiger partial charge in [-0.25, -0.2) is 8.78 Å². The quantitative estimate of drug-likeness (QED) is 0.923. The van der Waals surface area contributed by atoms with Gasteiger partial charge in [-0.2, -0.15) is 0 Å². The number of nitrogens with one attached hydrogen (secondary N) is 1. The first-order valence-corrected chi connectivity index (χ1v) is 8.36. The number of benzene rings is 2. The highest BCUT2D eigenvalue weighted by molar-refractivity contribution is 6.01. The van der Waals surface area contributed by atoms with Crippen molar-refractivity contribution in [2.45, 2.75) is 25.1 Å². The predicted molar refractivity (Wildman–Crippen MR) is 89.2 cm³/mol. The molecule has 130 valence electrons. The Morgan fingerprint density at radius 1 is 1.16 bits per heavy atom. The lowest BCUT2D eigenvalue weighted by Gasteiger charge is -2.39. The van der Waals surface area contributed by atoms with Gasteiger partial charge in [-0.1, -0.05) is 18.2 Å². The topological polar surface area (TPSA) is 41.6 Å². The number of nitrogens with zero attached hydrogens (tertiary/aromatic N) is 1. The van der Waals surface area contributed by atoms with E-state index >= 15 is 0 Å². The zero-order chi connectivity index (χ0) is 17.4. The maximum atomic E-state index is 13.7. The molecule has 6 heteroatoms. The van der Waals surface area contributed by atoms with E-state index in [-0.39, 0.29) is 12.0 Å². The molecule has 2 atom stereocenters. The molecule has 2 aliphatic rings. The molecule has 4 nitrogen and oxygen atoms in total. The first-order chi connectivity index (χ1) is 12.1. The van der Waals surface area contributed by atoms with Gasteiger partial charge in [-0.3, -0.25) is 4.79 Å². The molecule has 25 heavy (non-hydrogen) atoms. The number of ether oxygens (including phenoxy) is 1. The normalized spacial score (nSPS) is 22.6. The van der Waals surface area contributed by atoms with Crippen molar-refractivity contribution in [1.29, 1.82) is 0 Å². The molecule has 0 aliphatic carbocycles. The second-order valence-electron chi connectivity index (χ2n) is 6.36. The Kier molecular flexibility index (Phi) is 4.13. The van der Waals surface area contributed by atoms with Crippen molar-refractivity contribution in [3.63, 3.8) is 0 Å². The van der Waals surface area contributed by atoms with Crippen LogP contribution in [0.25, 0.3) is 0 Å². The smallest absolute Gasteiger partial charge is 0.257 e. The molecule has 0 spiro atoms. The van der Waals surface area contributed by atoms with E-state index in [0.29, 0.717) is 30.0 Å². The Bertz CT molecular complexity index is 806. The fraction of sp³-hybridized carbons (Fsp3) is 0.316. The van der Waals surface area contributed by atoms with Gasteiger partial charge in [-0.15, -0.1) is 0 Å². The van der Waals surface area contributed by atoms with Gasteiger partial charge in [0.25, 0.3) is 5.91 Å². The molecule has 2 aromatic rings. The Labute approximate surface area is 144 Å². The molecule has 1 amide bonds. The number of hydrogen-bond acceptors (Lipinski definition) is 3. The molecule has 0 saturated carbocycles. The van der Waals surface area contributed by atoms with Gasteiger partial charge in [0, 0.05) is 18.8 Å². The molecule has 0 aromatic heterocycles. The number of fused-ring (bicyclic) bond motifs is 1. The number of carbonyl (C=O) groups excluding carboxylic acids is 1. The number of hydrogen-bond donors (Lipinski definition) is 1.